The van der Waals surface area contributed by atoms with Gasteiger partial charge in [-0.3, -0.25) is 0 Å². The molecule has 0 radical (unpaired) electrons. The summed E-state index contributed by atoms with van der Waals surface area (Å²) in [6, 6.07) is 9.22. The maximum absolute atomic E-state index is 10.9. The third-order valence-electron chi connectivity index (χ3n) is 2.40. The van der Waals surface area contributed by atoms with E-state index in [0.717, 1.165) is 5.56 Å². The molecule has 1 N–H and O–H groups in total. The van der Waals surface area contributed by atoms with Gasteiger partial charge in [0.1, 0.15) is 11.0 Å². The van der Waals surface area contributed by atoms with E-state index in [-0.39, 0.29) is 4.86 Å². The van der Waals surface area contributed by atoms with Crippen LogP contribution in [0, 0.1) is 0 Å². The summed E-state index contributed by atoms with van der Waals surface area (Å²) in [6.07, 6.45) is 3.67. The molecule has 1 aliphatic carbocycles. The lowest BCUT2D eigenvalue weighted by molar-refractivity contribution is 0.300. The van der Waals surface area contributed by atoms with Crippen molar-refractivity contribution in [3.05, 3.63) is 54.1 Å². The molecule has 0 spiro atoms. The second-order valence-corrected chi connectivity index (χ2v) is 4.33. The van der Waals surface area contributed by atoms with Crippen LogP contribution in [-0.2, 0) is 10.3 Å². The molecule has 0 aliphatic heterocycles. The molecule has 0 amide bonds. The van der Waals surface area contributed by atoms with Gasteiger partial charge in [-0.25, -0.2) is 0 Å². The van der Waals surface area contributed by atoms with Crippen LogP contribution in [0.5, 0.6) is 0 Å². The summed E-state index contributed by atoms with van der Waals surface area (Å²) < 4.78 is 21.7. The van der Waals surface area contributed by atoms with Crippen LogP contribution < -0.4 is 0 Å². The third kappa shape index (κ3) is 1.98. The summed E-state index contributed by atoms with van der Waals surface area (Å²) in [5.41, 5.74) is 1.42. The summed E-state index contributed by atoms with van der Waals surface area (Å²) in [7, 11) is -2.39. The summed E-state index contributed by atoms with van der Waals surface area (Å²) in [5, 5.41) is 9.90. The Kier molecular flexibility index (Phi) is 3.03. The normalized spacial score (nSPS) is 19.4. The van der Waals surface area contributed by atoms with Crippen LogP contribution in [-0.4, -0.2) is 24.5 Å². The molecule has 0 aromatic heterocycles. The maximum Gasteiger partial charge on any atom is 0.220 e. The van der Waals surface area contributed by atoms with Crippen LogP contribution in [0.15, 0.2) is 48.6 Å². The molecule has 3 nitrogen and oxygen atoms in total. The molecule has 16 heavy (non-hydrogen) atoms. The quantitative estimate of drug-likeness (QED) is 0.739. The van der Waals surface area contributed by atoms with Crippen molar-refractivity contribution in [2.75, 3.05) is 0 Å². The fourth-order valence-electron chi connectivity index (χ4n) is 1.61. The lowest BCUT2D eigenvalue weighted by atomic mass is 9.95. The highest BCUT2D eigenvalue weighted by Gasteiger charge is 2.20. The van der Waals surface area contributed by atoms with Crippen LogP contribution in [0.2, 0.25) is 0 Å². The molecule has 1 aromatic carbocycles. The van der Waals surface area contributed by atoms with Gasteiger partial charge in [0.25, 0.3) is 0 Å². The molecular formula is C12H10O3S. The van der Waals surface area contributed by atoms with Gasteiger partial charge >= 0.3 is 0 Å². The first kappa shape index (κ1) is 10.9. The Morgan fingerprint density at radius 1 is 1.12 bits per heavy atom. The zero-order valence-electron chi connectivity index (χ0n) is 8.37. The molecule has 82 valence electrons. The number of hydrogen-bond donors (Lipinski definition) is 1. The van der Waals surface area contributed by atoms with E-state index in [1.54, 1.807) is 12.2 Å². The van der Waals surface area contributed by atoms with Crippen molar-refractivity contribution in [3.8, 4) is 0 Å². The van der Waals surface area contributed by atoms with E-state index < -0.39 is 16.4 Å². The third-order valence-corrected chi connectivity index (χ3v) is 3.14. The van der Waals surface area contributed by atoms with Gasteiger partial charge in [-0.2, -0.15) is 8.42 Å². The molecule has 1 unspecified atom stereocenters. The standard InChI is InChI=1S/C12H10O3S/c13-12-10(9-5-2-1-3-6-9)7-4-8-11(12)16(14)15/h1-8,12-13H. The van der Waals surface area contributed by atoms with Crippen molar-refractivity contribution < 1.29 is 13.5 Å². The van der Waals surface area contributed by atoms with E-state index >= 15 is 0 Å². The molecule has 1 aliphatic rings. The molecule has 0 saturated heterocycles. The van der Waals surface area contributed by atoms with Gasteiger partial charge in [0.15, 0.2) is 0 Å². The number of hydrogen-bond acceptors (Lipinski definition) is 3. The van der Waals surface area contributed by atoms with Crippen molar-refractivity contribution in [1.82, 2.24) is 0 Å². The Bertz CT molecular complexity index is 572. The molecule has 1 atom stereocenters. The summed E-state index contributed by atoms with van der Waals surface area (Å²) >= 11 is 0. The molecule has 1 aromatic rings. The predicted octanol–water partition coefficient (Wildman–Crippen LogP) is 1.05. The van der Waals surface area contributed by atoms with Crippen LogP contribution >= 0.6 is 0 Å². The number of rotatable bonds is 1. The highest BCUT2D eigenvalue weighted by atomic mass is 32.2. The van der Waals surface area contributed by atoms with Gasteiger partial charge in [-0.05, 0) is 17.2 Å². The van der Waals surface area contributed by atoms with Gasteiger partial charge in [0, 0.05) is 0 Å². The Hall–Kier alpha value is -1.65. The van der Waals surface area contributed by atoms with Gasteiger partial charge in [-0.1, -0.05) is 42.5 Å². The monoisotopic (exact) mass is 234 g/mol. The molecule has 0 heterocycles. The summed E-state index contributed by atoms with van der Waals surface area (Å²) in [6.45, 7) is 0. The second kappa shape index (κ2) is 4.47. The Balaban J connectivity index is 2.50. The molecule has 0 saturated carbocycles. The molecule has 2 rings (SSSR count). The molecule has 0 fully saturated rings. The van der Waals surface area contributed by atoms with Crippen molar-refractivity contribution in [1.29, 1.82) is 0 Å². The maximum atomic E-state index is 10.9. The zero-order chi connectivity index (χ0) is 11.5. The largest absolute Gasteiger partial charge is 0.383 e. The van der Waals surface area contributed by atoms with Gasteiger partial charge in [-0.15, -0.1) is 0 Å². The van der Waals surface area contributed by atoms with E-state index in [9.17, 15) is 13.5 Å². The predicted molar refractivity (Wildman–Crippen MR) is 63.5 cm³/mol. The van der Waals surface area contributed by atoms with Crippen molar-refractivity contribution in [2.24, 2.45) is 0 Å². The zero-order valence-corrected chi connectivity index (χ0v) is 9.18. The van der Waals surface area contributed by atoms with E-state index in [2.05, 4.69) is 0 Å². The molecular weight excluding hydrogens is 224 g/mol. The smallest absolute Gasteiger partial charge is 0.220 e. The first-order valence-electron chi connectivity index (χ1n) is 4.78. The number of allylic oxidation sites excluding steroid dienone is 2. The Morgan fingerprint density at radius 2 is 1.81 bits per heavy atom. The van der Waals surface area contributed by atoms with Gasteiger partial charge in [0.2, 0.25) is 10.3 Å². The van der Waals surface area contributed by atoms with Crippen LogP contribution in [0.1, 0.15) is 5.56 Å². The number of benzene rings is 1. The minimum Gasteiger partial charge on any atom is -0.383 e. The first-order valence-corrected chi connectivity index (χ1v) is 5.85. The van der Waals surface area contributed by atoms with E-state index in [1.165, 1.54) is 6.08 Å². The first-order chi connectivity index (χ1) is 7.70. The molecule has 0 bridgehead atoms. The number of aliphatic hydroxyl groups is 1. The summed E-state index contributed by atoms with van der Waals surface area (Å²) in [5.74, 6) is 0. The van der Waals surface area contributed by atoms with Crippen molar-refractivity contribution >= 4 is 20.7 Å². The highest BCUT2D eigenvalue weighted by molar-refractivity contribution is 7.73. The van der Waals surface area contributed by atoms with Crippen LogP contribution in [0.3, 0.4) is 0 Å². The average Bonchev–Trinajstić information content (AvgIpc) is 2.30. The van der Waals surface area contributed by atoms with Crippen molar-refractivity contribution in [3.63, 3.8) is 0 Å². The lowest BCUT2D eigenvalue weighted by Crippen LogP contribution is -2.23. The Labute approximate surface area is 94.9 Å². The van der Waals surface area contributed by atoms with Crippen molar-refractivity contribution in [2.45, 2.75) is 6.10 Å². The van der Waals surface area contributed by atoms with E-state index in [0.29, 0.717) is 5.57 Å². The molecule has 4 heteroatoms. The fraction of sp³-hybridized carbons (Fsp3) is 0.0833. The Morgan fingerprint density at radius 3 is 2.44 bits per heavy atom. The topological polar surface area (TPSA) is 54.4 Å². The highest BCUT2D eigenvalue weighted by Crippen LogP contribution is 2.22. The second-order valence-electron chi connectivity index (χ2n) is 3.39. The fourth-order valence-corrected chi connectivity index (χ4v) is 2.11. The van der Waals surface area contributed by atoms with Gasteiger partial charge < -0.3 is 5.11 Å². The average molecular weight is 234 g/mol. The van der Waals surface area contributed by atoms with Crippen LogP contribution in [0.4, 0.5) is 0 Å². The van der Waals surface area contributed by atoms with Gasteiger partial charge in [0.05, 0.1) is 0 Å². The van der Waals surface area contributed by atoms with Crippen LogP contribution in [0.25, 0.3) is 5.57 Å². The minimum absolute atomic E-state index is 0.00125. The number of aliphatic hydroxyl groups excluding tert-OH is 1. The van der Waals surface area contributed by atoms with E-state index in [1.807, 2.05) is 30.3 Å². The lowest BCUT2D eigenvalue weighted by Gasteiger charge is -2.16. The summed E-state index contributed by atoms with van der Waals surface area (Å²) in [4.78, 5) is 0.00125. The van der Waals surface area contributed by atoms with E-state index in [4.69, 9.17) is 0 Å². The minimum atomic E-state index is -2.39. The SMILES string of the molecule is O=S(=O)=C1C=CC=C(c2ccccc2)C1O.